The average Bonchev–Trinajstić information content (AvgIpc) is 2.84. The van der Waals surface area contributed by atoms with Crippen molar-refractivity contribution in [2.75, 3.05) is 5.73 Å². The van der Waals surface area contributed by atoms with Crippen LogP contribution in [0.4, 0.5) is 5.69 Å². The summed E-state index contributed by atoms with van der Waals surface area (Å²) in [5, 5.41) is 1.31. The lowest BCUT2D eigenvalue weighted by Gasteiger charge is -2.01. The van der Waals surface area contributed by atoms with Crippen LogP contribution in [0.15, 0.2) is 18.2 Å². The summed E-state index contributed by atoms with van der Waals surface area (Å²) >= 11 is 1.84. The lowest BCUT2D eigenvalue weighted by Crippen LogP contribution is -1.89. The molecule has 2 N–H and O–H groups in total. The maximum Gasteiger partial charge on any atom is 0.0969 e. The number of thiazole rings is 1. The predicted octanol–water partition coefficient (Wildman–Crippen LogP) is 3.54. The van der Waals surface area contributed by atoms with E-state index in [4.69, 9.17) is 10.7 Å². The van der Waals surface area contributed by atoms with Crippen LogP contribution >= 0.6 is 11.3 Å². The van der Waals surface area contributed by atoms with Gasteiger partial charge in [-0.25, -0.2) is 4.98 Å². The minimum Gasteiger partial charge on any atom is -0.399 e. The molecule has 3 heteroatoms. The fourth-order valence-electron chi connectivity index (χ4n) is 2.31. The molecule has 2 nitrogen and oxygen atoms in total. The van der Waals surface area contributed by atoms with Gasteiger partial charge in [0.05, 0.1) is 15.2 Å². The van der Waals surface area contributed by atoms with Gasteiger partial charge in [0.25, 0.3) is 0 Å². The number of rotatable bonds is 1. The number of aromatic nitrogens is 1. The Morgan fingerprint density at radius 3 is 2.87 bits per heavy atom. The molecular weight excluding hydrogens is 204 g/mol. The van der Waals surface area contributed by atoms with Crippen LogP contribution in [0.2, 0.25) is 0 Å². The van der Waals surface area contributed by atoms with E-state index in [1.165, 1.54) is 35.4 Å². The third kappa shape index (κ3) is 1.61. The van der Waals surface area contributed by atoms with Gasteiger partial charge in [0, 0.05) is 11.6 Å². The second-order valence-corrected chi connectivity index (χ2v) is 5.32. The molecule has 0 saturated heterocycles. The topological polar surface area (TPSA) is 38.9 Å². The molecule has 0 aliphatic heterocycles. The molecule has 0 atom stereocenters. The van der Waals surface area contributed by atoms with Crippen LogP contribution in [0, 0.1) is 0 Å². The van der Waals surface area contributed by atoms with Crippen LogP contribution < -0.4 is 5.73 Å². The molecule has 1 aliphatic carbocycles. The minimum absolute atomic E-state index is 0.712. The van der Waals surface area contributed by atoms with Gasteiger partial charge in [-0.2, -0.15) is 0 Å². The molecule has 0 spiro atoms. The largest absolute Gasteiger partial charge is 0.399 e. The van der Waals surface area contributed by atoms with Gasteiger partial charge < -0.3 is 5.73 Å². The van der Waals surface area contributed by atoms with Gasteiger partial charge in [0.15, 0.2) is 0 Å². The molecule has 2 aromatic rings. The van der Waals surface area contributed by atoms with Crippen molar-refractivity contribution >= 4 is 27.2 Å². The van der Waals surface area contributed by atoms with Crippen molar-refractivity contribution in [3.8, 4) is 0 Å². The van der Waals surface area contributed by atoms with Crippen molar-refractivity contribution < 1.29 is 0 Å². The van der Waals surface area contributed by atoms with Crippen molar-refractivity contribution in [3.63, 3.8) is 0 Å². The number of nitrogen functional groups attached to an aromatic ring is 1. The van der Waals surface area contributed by atoms with Gasteiger partial charge in [0.2, 0.25) is 0 Å². The SMILES string of the molecule is Nc1ccc2sc(C3CCCC3)nc2c1. The van der Waals surface area contributed by atoms with Crippen LogP contribution in [-0.2, 0) is 0 Å². The molecule has 1 aliphatic rings. The highest BCUT2D eigenvalue weighted by Gasteiger charge is 2.20. The number of hydrogen-bond donors (Lipinski definition) is 1. The first-order chi connectivity index (χ1) is 7.33. The molecule has 15 heavy (non-hydrogen) atoms. The van der Waals surface area contributed by atoms with Crippen LogP contribution in [0.1, 0.15) is 36.6 Å². The fraction of sp³-hybridized carbons (Fsp3) is 0.417. The molecule has 0 radical (unpaired) electrons. The van der Waals surface area contributed by atoms with Crippen molar-refractivity contribution in [1.82, 2.24) is 4.98 Å². The molecule has 1 saturated carbocycles. The smallest absolute Gasteiger partial charge is 0.0969 e. The Morgan fingerprint density at radius 2 is 2.07 bits per heavy atom. The number of anilines is 1. The third-order valence-corrected chi connectivity index (χ3v) is 4.33. The van der Waals surface area contributed by atoms with E-state index in [1.54, 1.807) is 0 Å². The molecule has 1 aromatic carbocycles. The molecule has 1 fully saturated rings. The Hall–Kier alpha value is -1.09. The lowest BCUT2D eigenvalue weighted by molar-refractivity contribution is 0.718. The number of hydrogen-bond acceptors (Lipinski definition) is 3. The highest BCUT2D eigenvalue weighted by Crippen LogP contribution is 2.38. The summed E-state index contributed by atoms with van der Waals surface area (Å²) in [5.41, 5.74) is 7.63. The lowest BCUT2D eigenvalue weighted by atomic mass is 10.1. The van der Waals surface area contributed by atoms with Crippen LogP contribution in [0.3, 0.4) is 0 Å². The average molecular weight is 218 g/mol. The summed E-state index contributed by atoms with van der Waals surface area (Å²) in [6.07, 6.45) is 5.36. The second-order valence-electron chi connectivity index (χ2n) is 4.26. The number of nitrogens with two attached hydrogens (primary N) is 1. The maximum atomic E-state index is 5.75. The van der Waals surface area contributed by atoms with Gasteiger partial charge in [-0.15, -0.1) is 11.3 Å². The zero-order chi connectivity index (χ0) is 10.3. The summed E-state index contributed by atoms with van der Waals surface area (Å²) in [6, 6.07) is 6.02. The van der Waals surface area contributed by atoms with E-state index in [0.717, 1.165) is 11.2 Å². The van der Waals surface area contributed by atoms with Crippen molar-refractivity contribution in [2.45, 2.75) is 31.6 Å². The molecular formula is C12H14N2S. The van der Waals surface area contributed by atoms with E-state index in [9.17, 15) is 0 Å². The number of benzene rings is 1. The van der Waals surface area contributed by atoms with Crippen LogP contribution in [-0.4, -0.2) is 4.98 Å². The Labute approximate surface area is 93.1 Å². The normalized spacial score (nSPS) is 17.6. The Kier molecular flexibility index (Phi) is 2.13. The van der Waals surface area contributed by atoms with Gasteiger partial charge in [-0.3, -0.25) is 0 Å². The number of fused-ring (bicyclic) bond motifs is 1. The first-order valence-electron chi connectivity index (χ1n) is 5.49. The minimum atomic E-state index is 0.712. The summed E-state index contributed by atoms with van der Waals surface area (Å²) in [7, 11) is 0. The van der Waals surface area contributed by atoms with Crippen molar-refractivity contribution in [1.29, 1.82) is 0 Å². The van der Waals surface area contributed by atoms with E-state index in [2.05, 4.69) is 6.07 Å². The Morgan fingerprint density at radius 1 is 1.27 bits per heavy atom. The van der Waals surface area contributed by atoms with E-state index >= 15 is 0 Å². The van der Waals surface area contributed by atoms with E-state index < -0.39 is 0 Å². The predicted molar refractivity (Wildman–Crippen MR) is 65.2 cm³/mol. The summed E-state index contributed by atoms with van der Waals surface area (Å²) in [5.74, 6) is 0.712. The Balaban J connectivity index is 2.05. The molecule has 3 rings (SSSR count). The van der Waals surface area contributed by atoms with E-state index in [0.29, 0.717) is 5.92 Å². The third-order valence-electron chi connectivity index (χ3n) is 3.13. The standard InChI is InChI=1S/C12H14N2S/c13-9-5-6-11-10(7-9)14-12(15-11)8-3-1-2-4-8/h5-8H,1-4,13H2. The zero-order valence-corrected chi connectivity index (χ0v) is 9.39. The monoisotopic (exact) mass is 218 g/mol. The molecule has 1 aromatic heterocycles. The first-order valence-corrected chi connectivity index (χ1v) is 6.30. The first kappa shape index (κ1) is 9.16. The van der Waals surface area contributed by atoms with Crippen molar-refractivity contribution in [2.24, 2.45) is 0 Å². The quantitative estimate of drug-likeness (QED) is 0.744. The molecule has 0 amide bonds. The molecule has 78 valence electrons. The highest BCUT2D eigenvalue weighted by molar-refractivity contribution is 7.18. The van der Waals surface area contributed by atoms with Gasteiger partial charge in [-0.1, -0.05) is 12.8 Å². The second kappa shape index (κ2) is 3.49. The maximum absolute atomic E-state index is 5.75. The van der Waals surface area contributed by atoms with Gasteiger partial charge in [-0.05, 0) is 31.0 Å². The summed E-state index contributed by atoms with van der Waals surface area (Å²) in [4.78, 5) is 4.69. The zero-order valence-electron chi connectivity index (χ0n) is 8.57. The van der Waals surface area contributed by atoms with Crippen LogP contribution in [0.25, 0.3) is 10.2 Å². The van der Waals surface area contributed by atoms with Gasteiger partial charge >= 0.3 is 0 Å². The fourth-order valence-corrected chi connectivity index (χ4v) is 3.43. The highest BCUT2D eigenvalue weighted by atomic mass is 32.1. The van der Waals surface area contributed by atoms with Gasteiger partial charge in [0.1, 0.15) is 0 Å². The van der Waals surface area contributed by atoms with E-state index in [1.807, 2.05) is 23.5 Å². The van der Waals surface area contributed by atoms with Crippen molar-refractivity contribution in [3.05, 3.63) is 23.2 Å². The molecule has 0 unspecified atom stereocenters. The Bertz CT molecular complexity index is 483. The summed E-state index contributed by atoms with van der Waals surface area (Å²) < 4.78 is 1.27. The molecule has 1 heterocycles. The number of nitrogens with zero attached hydrogens (tertiary/aromatic N) is 1. The molecule has 0 bridgehead atoms. The van der Waals surface area contributed by atoms with E-state index in [-0.39, 0.29) is 0 Å². The van der Waals surface area contributed by atoms with Crippen LogP contribution in [0.5, 0.6) is 0 Å². The summed E-state index contributed by atoms with van der Waals surface area (Å²) in [6.45, 7) is 0.